The van der Waals surface area contributed by atoms with Crippen LogP contribution in [0.4, 0.5) is 10.5 Å². The Morgan fingerprint density at radius 2 is 2.14 bits per heavy atom. The summed E-state index contributed by atoms with van der Waals surface area (Å²) in [6, 6.07) is 8.42. The number of amides is 2. The SMILES string of the molecule is CNC(C)c1cccc(NC(=O)NC2CCC(C)(C)C2)c1. The van der Waals surface area contributed by atoms with Crippen molar-refractivity contribution in [3.63, 3.8) is 0 Å². The van der Waals surface area contributed by atoms with Gasteiger partial charge in [-0.2, -0.15) is 0 Å². The van der Waals surface area contributed by atoms with Gasteiger partial charge >= 0.3 is 6.03 Å². The van der Waals surface area contributed by atoms with Gasteiger partial charge in [-0.15, -0.1) is 0 Å². The smallest absolute Gasteiger partial charge is 0.319 e. The van der Waals surface area contributed by atoms with Gasteiger partial charge in [0.2, 0.25) is 0 Å². The molecule has 2 unspecified atom stereocenters. The maximum absolute atomic E-state index is 12.1. The van der Waals surface area contributed by atoms with Gasteiger partial charge in [0.1, 0.15) is 0 Å². The highest BCUT2D eigenvalue weighted by atomic mass is 16.2. The summed E-state index contributed by atoms with van der Waals surface area (Å²) in [5, 5.41) is 9.22. The van der Waals surface area contributed by atoms with E-state index in [2.05, 4.69) is 42.8 Å². The Kier molecular flexibility index (Phi) is 4.88. The van der Waals surface area contributed by atoms with Crippen LogP contribution < -0.4 is 16.0 Å². The van der Waals surface area contributed by atoms with Gasteiger partial charge in [-0.1, -0.05) is 26.0 Å². The van der Waals surface area contributed by atoms with Crippen molar-refractivity contribution in [3.05, 3.63) is 29.8 Å². The topological polar surface area (TPSA) is 53.2 Å². The van der Waals surface area contributed by atoms with Crippen LogP contribution in [0.3, 0.4) is 0 Å². The van der Waals surface area contributed by atoms with Crippen molar-refractivity contribution < 1.29 is 4.79 Å². The molecule has 116 valence electrons. The van der Waals surface area contributed by atoms with Crippen molar-refractivity contribution >= 4 is 11.7 Å². The predicted molar refractivity (Wildman–Crippen MR) is 87.5 cm³/mol. The summed E-state index contributed by atoms with van der Waals surface area (Å²) in [6.45, 7) is 6.62. The van der Waals surface area contributed by atoms with E-state index in [9.17, 15) is 4.79 Å². The lowest BCUT2D eigenvalue weighted by Crippen LogP contribution is -2.36. The largest absolute Gasteiger partial charge is 0.335 e. The second kappa shape index (κ2) is 6.48. The lowest BCUT2D eigenvalue weighted by molar-refractivity contribution is 0.247. The van der Waals surface area contributed by atoms with Crippen LogP contribution in [-0.2, 0) is 0 Å². The van der Waals surface area contributed by atoms with E-state index >= 15 is 0 Å². The molecule has 21 heavy (non-hydrogen) atoms. The van der Waals surface area contributed by atoms with Crippen LogP contribution in [-0.4, -0.2) is 19.1 Å². The molecule has 2 amide bonds. The molecular weight excluding hydrogens is 262 g/mol. The van der Waals surface area contributed by atoms with E-state index in [1.807, 2.05) is 25.2 Å². The molecule has 0 bridgehead atoms. The standard InChI is InChI=1S/C17H27N3O/c1-12(18-4)13-6-5-7-14(10-13)19-16(21)20-15-8-9-17(2,3)11-15/h5-7,10,12,15,18H,8-9,11H2,1-4H3,(H2,19,20,21). The Morgan fingerprint density at radius 1 is 1.38 bits per heavy atom. The van der Waals surface area contributed by atoms with E-state index in [4.69, 9.17) is 0 Å². The second-order valence-corrected chi connectivity index (χ2v) is 6.84. The summed E-state index contributed by atoms with van der Waals surface area (Å²) in [7, 11) is 1.93. The Bertz CT molecular complexity index is 499. The molecule has 0 aromatic heterocycles. The van der Waals surface area contributed by atoms with E-state index < -0.39 is 0 Å². The Hall–Kier alpha value is -1.55. The number of anilines is 1. The fraction of sp³-hybridized carbons (Fsp3) is 0.588. The molecule has 0 aliphatic heterocycles. The van der Waals surface area contributed by atoms with Crippen molar-refractivity contribution in [1.82, 2.24) is 10.6 Å². The van der Waals surface area contributed by atoms with Crippen molar-refractivity contribution in [3.8, 4) is 0 Å². The van der Waals surface area contributed by atoms with Gasteiger partial charge < -0.3 is 16.0 Å². The number of carbonyl (C=O) groups excluding carboxylic acids is 1. The van der Waals surface area contributed by atoms with Gasteiger partial charge in [0.15, 0.2) is 0 Å². The first kappa shape index (κ1) is 15.8. The van der Waals surface area contributed by atoms with E-state index in [1.165, 1.54) is 6.42 Å². The average molecular weight is 289 g/mol. The summed E-state index contributed by atoms with van der Waals surface area (Å²) in [4.78, 5) is 12.1. The molecule has 1 fully saturated rings. The highest BCUT2D eigenvalue weighted by Gasteiger charge is 2.31. The van der Waals surface area contributed by atoms with Crippen LogP contribution in [0.2, 0.25) is 0 Å². The number of hydrogen-bond acceptors (Lipinski definition) is 2. The molecule has 3 N–H and O–H groups in total. The zero-order chi connectivity index (χ0) is 15.5. The molecule has 1 aliphatic carbocycles. The minimum Gasteiger partial charge on any atom is -0.335 e. The van der Waals surface area contributed by atoms with Crippen LogP contribution in [0.1, 0.15) is 51.6 Å². The molecule has 4 heteroatoms. The van der Waals surface area contributed by atoms with Crippen molar-refractivity contribution in [2.45, 2.75) is 52.1 Å². The van der Waals surface area contributed by atoms with E-state index in [0.29, 0.717) is 11.5 Å². The highest BCUT2D eigenvalue weighted by molar-refractivity contribution is 5.89. The molecular formula is C17H27N3O. The second-order valence-electron chi connectivity index (χ2n) is 6.84. The van der Waals surface area contributed by atoms with Crippen molar-refractivity contribution in [1.29, 1.82) is 0 Å². The van der Waals surface area contributed by atoms with E-state index in [-0.39, 0.29) is 12.1 Å². The zero-order valence-electron chi connectivity index (χ0n) is 13.5. The molecule has 1 aromatic rings. The average Bonchev–Trinajstić information content (AvgIpc) is 2.77. The maximum Gasteiger partial charge on any atom is 0.319 e. The van der Waals surface area contributed by atoms with Crippen LogP contribution in [0.25, 0.3) is 0 Å². The molecule has 1 aliphatic rings. The third-order valence-electron chi connectivity index (χ3n) is 4.38. The summed E-state index contributed by atoms with van der Waals surface area (Å²) in [5.74, 6) is 0. The molecule has 0 spiro atoms. The predicted octanol–water partition coefficient (Wildman–Crippen LogP) is 3.67. The number of rotatable bonds is 4. The number of carbonyl (C=O) groups is 1. The third kappa shape index (κ3) is 4.46. The highest BCUT2D eigenvalue weighted by Crippen LogP contribution is 2.36. The summed E-state index contributed by atoms with van der Waals surface area (Å²) < 4.78 is 0. The normalized spacial score (nSPS) is 21.8. The number of nitrogens with one attached hydrogen (secondary N) is 3. The maximum atomic E-state index is 12.1. The lowest BCUT2D eigenvalue weighted by atomic mass is 9.92. The minimum absolute atomic E-state index is 0.105. The fourth-order valence-electron chi connectivity index (χ4n) is 2.96. The lowest BCUT2D eigenvalue weighted by Gasteiger charge is -2.18. The van der Waals surface area contributed by atoms with Gasteiger partial charge in [0.05, 0.1) is 0 Å². The Labute approximate surface area is 127 Å². The van der Waals surface area contributed by atoms with Crippen LogP contribution in [0.15, 0.2) is 24.3 Å². The summed E-state index contributed by atoms with van der Waals surface area (Å²) >= 11 is 0. The van der Waals surface area contributed by atoms with E-state index in [1.54, 1.807) is 0 Å². The van der Waals surface area contributed by atoms with Crippen LogP contribution in [0.5, 0.6) is 0 Å². The molecule has 0 radical (unpaired) electrons. The van der Waals surface area contributed by atoms with Crippen molar-refractivity contribution in [2.24, 2.45) is 5.41 Å². The first-order valence-corrected chi connectivity index (χ1v) is 7.74. The van der Waals surface area contributed by atoms with Gasteiger partial charge in [0.25, 0.3) is 0 Å². The van der Waals surface area contributed by atoms with Crippen LogP contribution in [0, 0.1) is 5.41 Å². The minimum atomic E-state index is -0.105. The zero-order valence-corrected chi connectivity index (χ0v) is 13.5. The van der Waals surface area contributed by atoms with Gasteiger partial charge in [-0.3, -0.25) is 0 Å². The summed E-state index contributed by atoms with van der Waals surface area (Å²) in [5.41, 5.74) is 2.35. The molecule has 2 rings (SSSR count). The molecule has 4 nitrogen and oxygen atoms in total. The van der Waals surface area contributed by atoms with Gasteiger partial charge in [-0.05, 0) is 56.3 Å². The molecule has 1 saturated carbocycles. The third-order valence-corrected chi connectivity index (χ3v) is 4.38. The first-order chi connectivity index (χ1) is 9.89. The van der Waals surface area contributed by atoms with Gasteiger partial charge in [-0.25, -0.2) is 4.79 Å². The number of urea groups is 1. The molecule has 1 aromatic carbocycles. The van der Waals surface area contributed by atoms with Gasteiger partial charge in [0, 0.05) is 17.8 Å². The monoisotopic (exact) mass is 289 g/mol. The summed E-state index contributed by atoms with van der Waals surface area (Å²) in [6.07, 6.45) is 3.29. The molecule has 0 heterocycles. The Morgan fingerprint density at radius 3 is 2.76 bits per heavy atom. The molecule has 0 saturated heterocycles. The quantitative estimate of drug-likeness (QED) is 0.792. The number of benzene rings is 1. The first-order valence-electron chi connectivity index (χ1n) is 7.74. The van der Waals surface area contributed by atoms with E-state index in [0.717, 1.165) is 24.1 Å². The number of hydrogen-bond donors (Lipinski definition) is 3. The Balaban J connectivity index is 1.91. The van der Waals surface area contributed by atoms with Crippen molar-refractivity contribution in [2.75, 3.05) is 12.4 Å². The molecule has 2 atom stereocenters. The fourth-order valence-corrected chi connectivity index (χ4v) is 2.96. The van der Waals surface area contributed by atoms with Crippen LogP contribution >= 0.6 is 0 Å².